The van der Waals surface area contributed by atoms with E-state index in [-0.39, 0.29) is 42.7 Å². The minimum Gasteiger partial charge on any atom is -0.477 e. The van der Waals surface area contributed by atoms with Gasteiger partial charge >= 0.3 is 17.9 Å². The molecule has 1 N–H and O–H groups in total. The third kappa shape index (κ3) is 30.6. The van der Waals surface area contributed by atoms with E-state index in [1.807, 2.05) is 69.8 Å². The maximum absolute atomic E-state index is 12.6. The van der Waals surface area contributed by atoms with Gasteiger partial charge in [0, 0.05) is 19.3 Å². The first-order valence-electron chi connectivity index (χ1n) is 18.7. The average molecular weight is 699 g/mol. The van der Waals surface area contributed by atoms with Gasteiger partial charge in [0.25, 0.3) is 0 Å². The molecule has 0 aliphatic rings. The minimum absolute atomic E-state index is 0.0323. The van der Waals surface area contributed by atoms with Crippen LogP contribution in [0, 0.1) is 0 Å². The molecule has 0 fully saturated rings. The Labute approximate surface area is 303 Å². The van der Waals surface area contributed by atoms with Crippen molar-refractivity contribution in [1.29, 1.82) is 0 Å². The topological polar surface area (TPSA) is 99.1 Å². The summed E-state index contributed by atoms with van der Waals surface area (Å²) < 4.78 is 17.1. The van der Waals surface area contributed by atoms with Gasteiger partial charge in [0.2, 0.25) is 0 Å². The number of carboxylic acids is 1. The van der Waals surface area contributed by atoms with Crippen LogP contribution in [0.4, 0.5) is 0 Å². The first kappa shape index (κ1) is 46.5. The largest absolute Gasteiger partial charge is 0.477 e. The van der Waals surface area contributed by atoms with Crippen LogP contribution in [0.1, 0.15) is 110 Å². The lowest BCUT2D eigenvalue weighted by molar-refractivity contribution is -0.887. The number of hydrogen-bond donors (Lipinski definition) is 1. The Balaban J connectivity index is 4.56. The summed E-state index contributed by atoms with van der Waals surface area (Å²) in [6, 6.07) is -0.629. The summed E-state index contributed by atoms with van der Waals surface area (Å²) in [4.78, 5) is 36.8. The molecule has 0 bridgehead atoms. The summed E-state index contributed by atoms with van der Waals surface area (Å²) in [6.07, 6.45) is 40.6. The highest BCUT2D eigenvalue weighted by Crippen LogP contribution is 2.12. The van der Waals surface area contributed by atoms with E-state index in [2.05, 4.69) is 50.3 Å². The van der Waals surface area contributed by atoms with Crippen molar-refractivity contribution in [2.75, 3.05) is 41.0 Å². The van der Waals surface area contributed by atoms with Crippen molar-refractivity contribution in [2.24, 2.45) is 0 Å². The van der Waals surface area contributed by atoms with E-state index in [0.717, 1.165) is 70.6 Å². The lowest BCUT2D eigenvalue weighted by atomic mass is 10.1. The molecule has 50 heavy (non-hydrogen) atoms. The molecule has 0 heterocycles. The van der Waals surface area contributed by atoms with Crippen LogP contribution < -0.4 is 0 Å². The minimum atomic E-state index is -0.891. The normalized spacial score (nSPS) is 14.0. The van der Waals surface area contributed by atoms with Gasteiger partial charge in [-0.25, -0.2) is 4.79 Å². The number of quaternary nitrogens is 1. The molecule has 0 rings (SSSR count). The molecule has 8 heteroatoms. The fraction of sp³-hybridized carbons (Fsp3) is 0.595. The summed E-state index contributed by atoms with van der Waals surface area (Å²) in [6.45, 7) is 4.35. The van der Waals surface area contributed by atoms with Crippen LogP contribution in [0.25, 0.3) is 0 Å². The number of nitrogens with zero attached hydrogens (tertiary/aromatic N) is 1. The number of likely N-dealkylation sites (N-methyl/N-ethyl adjacent to an activating group) is 1. The molecule has 0 aromatic carbocycles. The van der Waals surface area contributed by atoms with Crippen molar-refractivity contribution in [2.45, 2.75) is 122 Å². The van der Waals surface area contributed by atoms with Crippen LogP contribution in [-0.4, -0.2) is 80.6 Å². The number of aliphatic carboxylic acids is 1. The third-order valence-corrected chi connectivity index (χ3v) is 7.70. The van der Waals surface area contributed by atoms with Crippen molar-refractivity contribution in [3.8, 4) is 0 Å². The Morgan fingerprint density at radius 2 is 1.06 bits per heavy atom. The van der Waals surface area contributed by atoms with E-state index < -0.39 is 18.1 Å². The van der Waals surface area contributed by atoms with Crippen LogP contribution in [0.5, 0.6) is 0 Å². The fourth-order valence-electron chi connectivity index (χ4n) is 4.80. The highest BCUT2D eigenvalue weighted by Gasteiger charge is 2.31. The molecule has 0 aromatic rings. The van der Waals surface area contributed by atoms with E-state index in [4.69, 9.17) is 14.2 Å². The van der Waals surface area contributed by atoms with Crippen molar-refractivity contribution in [1.82, 2.24) is 0 Å². The van der Waals surface area contributed by atoms with Crippen molar-refractivity contribution >= 4 is 17.9 Å². The van der Waals surface area contributed by atoms with Gasteiger partial charge in [0.1, 0.15) is 6.61 Å². The summed E-state index contributed by atoms with van der Waals surface area (Å²) in [5.41, 5.74) is 0. The molecule has 0 saturated heterocycles. The molecule has 2 unspecified atom stereocenters. The Kier molecular flexibility index (Phi) is 30.4. The zero-order valence-corrected chi connectivity index (χ0v) is 31.8. The Hall–Kier alpha value is -3.49. The zero-order valence-electron chi connectivity index (χ0n) is 31.8. The highest BCUT2D eigenvalue weighted by molar-refractivity contribution is 5.72. The van der Waals surface area contributed by atoms with Gasteiger partial charge in [0.05, 0.1) is 34.4 Å². The van der Waals surface area contributed by atoms with E-state index in [9.17, 15) is 19.5 Å². The SMILES string of the molecule is CC/C=C/C=C/C=C/C=C/CCCCCC(=O)OC(COCCC(C(=O)O)[N+](C)(C)C)COC(=O)CCCCCCC/C=C/C=C/C=C/CC. The predicted molar refractivity (Wildman–Crippen MR) is 206 cm³/mol. The molecule has 0 radical (unpaired) electrons. The number of esters is 2. The lowest BCUT2D eigenvalue weighted by Crippen LogP contribution is -2.50. The van der Waals surface area contributed by atoms with Crippen molar-refractivity contribution < 1.29 is 38.2 Å². The third-order valence-electron chi connectivity index (χ3n) is 7.70. The Bertz CT molecular complexity index is 1090. The van der Waals surface area contributed by atoms with Crippen LogP contribution in [0.15, 0.2) is 85.1 Å². The first-order chi connectivity index (χ1) is 24.1. The maximum Gasteiger partial charge on any atom is 0.362 e. The monoisotopic (exact) mass is 698 g/mol. The Morgan fingerprint density at radius 3 is 1.58 bits per heavy atom. The van der Waals surface area contributed by atoms with E-state index >= 15 is 0 Å². The highest BCUT2D eigenvalue weighted by atomic mass is 16.6. The van der Waals surface area contributed by atoms with E-state index in [0.29, 0.717) is 19.3 Å². The van der Waals surface area contributed by atoms with Crippen molar-refractivity contribution in [3.05, 3.63) is 85.1 Å². The van der Waals surface area contributed by atoms with Crippen LogP contribution in [0.2, 0.25) is 0 Å². The average Bonchev–Trinajstić information content (AvgIpc) is 3.06. The molecule has 0 amide bonds. The second kappa shape index (κ2) is 32.7. The molecule has 8 nitrogen and oxygen atoms in total. The molecule has 0 aliphatic heterocycles. The fourth-order valence-corrected chi connectivity index (χ4v) is 4.80. The smallest absolute Gasteiger partial charge is 0.362 e. The van der Waals surface area contributed by atoms with Gasteiger partial charge in [-0.1, -0.05) is 125 Å². The summed E-state index contributed by atoms with van der Waals surface area (Å²) in [5, 5.41) is 9.58. The number of hydrogen-bond acceptors (Lipinski definition) is 6. The second-order valence-electron chi connectivity index (χ2n) is 13.2. The number of unbranched alkanes of at least 4 members (excludes halogenated alkanes) is 8. The van der Waals surface area contributed by atoms with E-state index in [1.165, 1.54) is 0 Å². The number of carbonyl (C=O) groups excluding carboxylic acids is 2. The molecule has 0 saturated carbocycles. The quantitative estimate of drug-likeness (QED) is 0.0333. The number of allylic oxidation sites excluding steroid dienone is 14. The van der Waals surface area contributed by atoms with Gasteiger partial charge < -0.3 is 23.8 Å². The maximum atomic E-state index is 12.6. The van der Waals surface area contributed by atoms with Crippen LogP contribution in [0.3, 0.4) is 0 Å². The molecule has 282 valence electrons. The molecule has 0 aromatic heterocycles. The molecular weight excluding hydrogens is 630 g/mol. The van der Waals surface area contributed by atoms with Gasteiger partial charge in [-0.3, -0.25) is 9.59 Å². The van der Waals surface area contributed by atoms with Crippen LogP contribution >= 0.6 is 0 Å². The lowest BCUT2D eigenvalue weighted by Gasteiger charge is -2.31. The van der Waals surface area contributed by atoms with Gasteiger partial charge in [-0.2, -0.15) is 0 Å². The molecule has 0 spiro atoms. The second-order valence-corrected chi connectivity index (χ2v) is 13.2. The molecule has 0 aliphatic carbocycles. The number of ether oxygens (including phenoxy) is 3. The van der Waals surface area contributed by atoms with Crippen molar-refractivity contribution in [3.63, 3.8) is 0 Å². The van der Waals surface area contributed by atoms with E-state index in [1.54, 1.807) is 0 Å². The van der Waals surface area contributed by atoms with Crippen LogP contribution in [-0.2, 0) is 28.6 Å². The molecule has 2 atom stereocenters. The van der Waals surface area contributed by atoms with Gasteiger partial charge in [-0.05, 0) is 51.4 Å². The number of rotatable bonds is 31. The number of carbonyl (C=O) groups is 3. The standard InChI is InChI=1S/C42H67NO7/c1-6-8-10-12-14-16-18-20-22-24-26-28-30-32-40(44)49-37-38(36-48-35-34-39(42(46)47)43(3,4)5)50-41(45)33-31-29-27-25-23-21-19-17-15-13-11-9-7-2/h8-19,21,23,38-39H,6-7,20,22,24-37H2,1-5H3/p+1/b10-8+,11-9+,14-12+,15-13+,18-16+,19-17+,23-21+. The summed E-state index contributed by atoms with van der Waals surface area (Å²) in [5.74, 6) is -1.56. The summed E-state index contributed by atoms with van der Waals surface area (Å²) >= 11 is 0. The number of carboxylic acid groups (broad SMARTS) is 1. The predicted octanol–water partition coefficient (Wildman–Crippen LogP) is 9.40. The summed E-state index contributed by atoms with van der Waals surface area (Å²) in [7, 11) is 5.48. The molecular formula is C42H68NO7+. The van der Waals surface area contributed by atoms with Gasteiger partial charge in [0.15, 0.2) is 12.1 Å². The van der Waals surface area contributed by atoms with Gasteiger partial charge in [-0.15, -0.1) is 0 Å². The Morgan fingerprint density at radius 1 is 0.600 bits per heavy atom. The first-order valence-corrected chi connectivity index (χ1v) is 18.7. The zero-order chi connectivity index (χ0) is 37.1.